The van der Waals surface area contributed by atoms with Gasteiger partial charge in [-0.05, 0) is 12.5 Å². The Morgan fingerprint density at radius 3 is 2.70 bits per heavy atom. The van der Waals surface area contributed by atoms with Crippen LogP contribution < -0.4 is 8.67 Å². The number of hydrogen-bond donors (Lipinski definition) is 2. The van der Waals surface area contributed by atoms with Crippen LogP contribution in [0.4, 0.5) is 5.95 Å². The van der Waals surface area contributed by atoms with E-state index in [4.69, 9.17) is 0 Å². The average Bonchev–Trinajstić information content (AvgIpc) is 2.81. The first-order chi connectivity index (χ1) is 9.63. The fraction of sp³-hybridized carbons (Fsp3) is 0.154. The number of aryl methyl sites for hydroxylation is 1. The van der Waals surface area contributed by atoms with Gasteiger partial charge < -0.3 is 4.98 Å². The first-order valence-corrected chi connectivity index (χ1v) is 7.04. The Kier molecular flexibility index (Phi) is 3.43. The van der Waals surface area contributed by atoms with Gasteiger partial charge in [-0.1, -0.05) is 30.3 Å². The van der Waals surface area contributed by atoms with Gasteiger partial charge >= 0.3 is 0 Å². The fourth-order valence-corrected chi connectivity index (χ4v) is 2.57. The quantitative estimate of drug-likeness (QED) is 0.539. The summed E-state index contributed by atoms with van der Waals surface area (Å²) in [4.78, 5) is 26.2. The highest BCUT2D eigenvalue weighted by Crippen LogP contribution is 2.17. The van der Waals surface area contributed by atoms with E-state index in [2.05, 4.69) is 42.8 Å². The molecule has 3 aromatic rings. The third-order valence-electron chi connectivity index (χ3n) is 2.86. The highest BCUT2D eigenvalue weighted by molar-refractivity contribution is 14.1. The second-order valence-electron chi connectivity index (χ2n) is 4.42. The number of aromatic amines is 2. The summed E-state index contributed by atoms with van der Waals surface area (Å²) in [5.41, 5.74) is 1.79. The summed E-state index contributed by atoms with van der Waals surface area (Å²) in [6.07, 6.45) is 0. The summed E-state index contributed by atoms with van der Waals surface area (Å²) >= 11 is 2.13. The van der Waals surface area contributed by atoms with Crippen molar-refractivity contribution in [2.45, 2.75) is 13.5 Å². The number of benzene rings is 1. The Morgan fingerprint density at radius 1 is 1.20 bits per heavy atom. The molecule has 0 amide bonds. The van der Waals surface area contributed by atoms with Crippen molar-refractivity contribution in [1.82, 2.24) is 19.9 Å². The van der Waals surface area contributed by atoms with E-state index in [1.165, 1.54) is 0 Å². The molecule has 0 fully saturated rings. The molecule has 0 aliphatic carbocycles. The lowest BCUT2D eigenvalue weighted by atomic mass is 10.2. The molecule has 0 saturated heterocycles. The normalized spacial score (nSPS) is 10.9. The molecule has 0 radical (unpaired) electrons. The smallest absolute Gasteiger partial charge is 0.278 e. The Hall–Kier alpha value is -1.90. The lowest BCUT2D eigenvalue weighted by molar-refractivity contribution is 0.998. The largest absolute Gasteiger partial charge is 0.336 e. The van der Waals surface area contributed by atoms with Crippen LogP contribution >= 0.6 is 22.9 Å². The standard InChI is InChI=1S/C13H12IN5O/c1-8-15-10-11(16-8)17-13(18-12(10)20)19(14)7-9-5-3-2-4-6-9/h2-6H,7H2,1H3,(H2,15,16,17,18,20). The number of aromatic nitrogens is 4. The van der Waals surface area contributed by atoms with Gasteiger partial charge in [0.1, 0.15) is 5.82 Å². The minimum atomic E-state index is -0.208. The molecule has 0 bridgehead atoms. The zero-order chi connectivity index (χ0) is 14.1. The van der Waals surface area contributed by atoms with E-state index < -0.39 is 0 Å². The van der Waals surface area contributed by atoms with Crippen LogP contribution in [0.5, 0.6) is 0 Å². The van der Waals surface area contributed by atoms with Crippen molar-refractivity contribution in [3.63, 3.8) is 0 Å². The lowest BCUT2D eigenvalue weighted by Gasteiger charge is -2.14. The second-order valence-corrected chi connectivity index (χ2v) is 5.58. The van der Waals surface area contributed by atoms with Gasteiger partial charge in [-0.25, -0.2) is 4.98 Å². The summed E-state index contributed by atoms with van der Waals surface area (Å²) in [6.45, 7) is 2.45. The number of nitrogens with one attached hydrogen (secondary N) is 2. The van der Waals surface area contributed by atoms with E-state index in [0.717, 1.165) is 5.56 Å². The number of halogens is 1. The monoisotopic (exact) mass is 381 g/mol. The maximum atomic E-state index is 12.0. The fourth-order valence-electron chi connectivity index (χ4n) is 1.94. The minimum absolute atomic E-state index is 0.208. The van der Waals surface area contributed by atoms with Crippen molar-refractivity contribution >= 4 is 40.0 Å². The van der Waals surface area contributed by atoms with Crippen molar-refractivity contribution in [2.75, 3.05) is 3.11 Å². The molecule has 6 nitrogen and oxygen atoms in total. The van der Waals surface area contributed by atoms with Crippen LogP contribution in [0.3, 0.4) is 0 Å². The van der Waals surface area contributed by atoms with Crippen LogP contribution in [0.15, 0.2) is 35.1 Å². The molecular formula is C13H12IN5O. The number of anilines is 1. The molecule has 7 heteroatoms. The van der Waals surface area contributed by atoms with E-state index in [0.29, 0.717) is 29.5 Å². The molecule has 0 aliphatic rings. The van der Waals surface area contributed by atoms with E-state index >= 15 is 0 Å². The predicted molar refractivity (Wildman–Crippen MR) is 85.9 cm³/mol. The van der Waals surface area contributed by atoms with Crippen LogP contribution in [0.1, 0.15) is 11.4 Å². The van der Waals surface area contributed by atoms with Crippen molar-refractivity contribution in [3.8, 4) is 0 Å². The Labute approximate surface area is 128 Å². The average molecular weight is 381 g/mol. The van der Waals surface area contributed by atoms with Crippen LogP contribution in [0.25, 0.3) is 11.2 Å². The molecule has 1 aromatic carbocycles. The first kappa shape index (κ1) is 13.1. The summed E-state index contributed by atoms with van der Waals surface area (Å²) in [5.74, 6) is 1.18. The number of hydrogen-bond acceptors (Lipinski definition) is 4. The number of H-pyrrole nitrogens is 2. The van der Waals surface area contributed by atoms with Crippen LogP contribution in [-0.4, -0.2) is 19.9 Å². The number of imidazole rings is 1. The van der Waals surface area contributed by atoms with E-state index in [-0.39, 0.29) is 5.56 Å². The molecular weight excluding hydrogens is 369 g/mol. The molecule has 0 saturated carbocycles. The molecule has 0 atom stereocenters. The molecule has 0 unspecified atom stereocenters. The van der Waals surface area contributed by atoms with Gasteiger partial charge in [-0.2, -0.15) is 4.98 Å². The van der Waals surface area contributed by atoms with Crippen molar-refractivity contribution < 1.29 is 0 Å². The van der Waals surface area contributed by atoms with Crippen molar-refractivity contribution in [2.24, 2.45) is 0 Å². The van der Waals surface area contributed by atoms with Gasteiger partial charge in [0, 0.05) is 0 Å². The molecule has 3 rings (SSSR count). The van der Waals surface area contributed by atoms with Gasteiger partial charge in [-0.3, -0.25) is 12.9 Å². The minimum Gasteiger partial charge on any atom is -0.336 e. The molecule has 0 aliphatic heterocycles. The third kappa shape index (κ3) is 2.53. The third-order valence-corrected chi connectivity index (χ3v) is 3.66. The van der Waals surface area contributed by atoms with E-state index in [9.17, 15) is 4.79 Å². The molecule has 2 heterocycles. The van der Waals surface area contributed by atoms with Crippen LogP contribution in [0, 0.1) is 6.92 Å². The second kappa shape index (κ2) is 5.23. The zero-order valence-corrected chi connectivity index (χ0v) is 12.9. The molecule has 20 heavy (non-hydrogen) atoms. The summed E-state index contributed by atoms with van der Waals surface area (Å²) < 4.78 is 1.86. The Morgan fingerprint density at radius 2 is 1.95 bits per heavy atom. The van der Waals surface area contributed by atoms with Gasteiger partial charge in [-0.15, -0.1) is 0 Å². The molecule has 0 spiro atoms. The van der Waals surface area contributed by atoms with Gasteiger partial charge in [0.15, 0.2) is 11.2 Å². The van der Waals surface area contributed by atoms with Crippen LogP contribution in [-0.2, 0) is 6.54 Å². The highest BCUT2D eigenvalue weighted by Gasteiger charge is 2.12. The topological polar surface area (TPSA) is 77.7 Å². The SMILES string of the molecule is Cc1nc2nc(N(I)Cc3ccccc3)[nH]c(=O)c2[nH]1. The first-order valence-electron chi connectivity index (χ1n) is 6.07. The summed E-state index contributed by atoms with van der Waals surface area (Å²) in [5, 5.41) is 0. The van der Waals surface area contributed by atoms with Crippen molar-refractivity contribution in [3.05, 3.63) is 52.1 Å². The Bertz CT molecular complexity index is 795. The maximum Gasteiger partial charge on any atom is 0.278 e. The molecule has 2 aromatic heterocycles. The number of rotatable bonds is 3. The van der Waals surface area contributed by atoms with E-state index in [1.54, 1.807) is 6.92 Å². The van der Waals surface area contributed by atoms with E-state index in [1.807, 2.05) is 33.4 Å². The molecule has 2 N–H and O–H groups in total. The molecule has 102 valence electrons. The summed E-state index contributed by atoms with van der Waals surface area (Å²) in [7, 11) is 0. The maximum absolute atomic E-state index is 12.0. The Balaban J connectivity index is 1.95. The van der Waals surface area contributed by atoms with Gasteiger partial charge in [0.25, 0.3) is 5.56 Å². The van der Waals surface area contributed by atoms with Crippen LogP contribution in [0.2, 0.25) is 0 Å². The lowest BCUT2D eigenvalue weighted by Crippen LogP contribution is -2.18. The number of nitrogens with zero attached hydrogens (tertiary/aromatic N) is 3. The van der Waals surface area contributed by atoms with Gasteiger partial charge in [0.05, 0.1) is 29.4 Å². The highest BCUT2D eigenvalue weighted by atomic mass is 127. The number of fused-ring (bicyclic) bond motifs is 1. The van der Waals surface area contributed by atoms with Gasteiger partial charge in [0.2, 0.25) is 5.95 Å². The summed E-state index contributed by atoms with van der Waals surface area (Å²) in [6, 6.07) is 9.99. The predicted octanol–water partition coefficient (Wildman–Crippen LogP) is 2.31. The zero-order valence-electron chi connectivity index (χ0n) is 10.7. The van der Waals surface area contributed by atoms with Crippen molar-refractivity contribution in [1.29, 1.82) is 0 Å².